The number of nitrogens with two attached hydrogens (primary N) is 3. The van der Waals surface area contributed by atoms with Gasteiger partial charge in [-0.15, -0.1) is 22.7 Å². The van der Waals surface area contributed by atoms with Crippen LogP contribution in [0.2, 0.25) is 0 Å². The first-order valence-corrected chi connectivity index (χ1v) is 20.8. The van der Waals surface area contributed by atoms with Gasteiger partial charge in [-0.2, -0.15) is 0 Å². The van der Waals surface area contributed by atoms with Crippen molar-refractivity contribution in [2.75, 3.05) is 42.1 Å². The topological polar surface area (TPSA) is 363 Å². The van der Waals surface area contributed by atoms with Crippen LogP contribution < -0.4 is 36.9 Å². The summed E-state index contributed by atoms with van der Waals surface area (Å²) in [5, 5.41) is 36.6. The number of benzene rings is 2. The number of carboxylic acid groups (broad SMARTS) is 1. The summed E-state index contributed by atoms with van der Waals surface area (Å²) < 4.78 is 31.3. The predicted octanol–water partition coefficient (Wildman–Crippen LogP) is 10.2. The molecule has 6 aromatic rings. The van der Waals surface area contributed by atoms with Gasteiger partial charge in [0.25, 0.3) is 0 Å². The maximum Gasteiger partial charge on any atom is 0.525 e. The lowest BCUT2D eigenvalue weighted by Gasteiger charge is -2.14. The Morgan fingerprint density at radius 3 is 1.41 bits per heavy atom. The molecule has 61 heavy (non-hydrogen) atoms. The summed E-state index contributed by atoms with van der Waals surface area (Å²) in [4.78, 5) is 56.3. The second-order valence-electron chi connectivity index (χ2n) is 10.2. The SMILES string of the molecule is COC(=O)Nc1ccc(N)s1.COC(=O)Nc1ccc([N+](=O)[O-])s1.Nc1ccc(N)s1.O=C(O)c1ccc([N+](=O)[O-])s1.[N-]=[N+]=NP(=O)(Oc1ccccc1)Oc1ccccc1. The maximum absolute atomic E-state index is 12.3. The number of ether oxygens (including phenoxy) is 2. The minimum absolute atomic E-state index is 0.0169. The van der Waals surface area contributed by atoms with Gasteiger partial charge in [-0.1, -0.05) is 47.7 Å². The Hall–Kier alpha value is -7.41. The molecule has 0 fully saturated rings. The number of carbonyl (C=O) groups is 3. The molecule has 0 radical (unpaired) electrons. The highest BCUT2D eigenvalue weighted by Crippen LogP contribution is 2.50. The van der Waals surface area contributed by atoms with Gasteiger partial charge in [0, 0.05) is 21.9 Å². The van der Waals surface area contributed by atoms with Crippen LogP contribution in [-0.2, 0) is 14.0 Å². The molecule has 4 heterocycles. The highest BCUT2D eigenvalue weighted by Gasteiger charge is 2.26. The molecular formula is C33H33N10O13PS4. The molecule has 0 aliphatic rings. The molecule has 0 saturated heterocycles. The lowest BCUT2D eigenvalue weighted by molar-refractivity contribution is -0.380. The van der Waals surface area contributed by atoms with E-state index in [-0.39, 0.29) is 14.9 Å². The Morgan fingerprint density at radius 2 is 1.08 bits per heavy atom. The van der Waals surface area contributed by atoms with Gasteiger partial charge < -0.3 is 40.8 Å². The molecule has 4 aromatic heterocycles. The van der Waals surface area contributed by atoms with Gasteiger partial charge in [0.2, 0.25) is 0 Å². The summed E-state index contributed by atoms with van der Waals surface area (Å²) in [7, 11) is -1.42. The third-order valence-electron chi connectivity index (χ3n) is 5.93. The van der Waals surface area contributed by atoms with Crippen molar-refractivity contribution in [1.29, 1.82) is 0 Å². The molecule has 0 atom stereocenters. The lowest BCUT2D eigenvalue weighted by atomic mass is 10.3. The monoisotopic (exact) mass is 936 g/mol. The highest BCUT2D eigenvalue weighted by molar-refractivity contribution is 7.53. The first kappa shape index (κ1) is 49.7. The minimum atomic E-state index is -3.95. The number of amides is 2. The molecule has 0 bridgehead atoms. The molecule has 0 spiro atoms. The number of nitrogens with zero attached hydrogens (tertiary/aromatic N) is 5. The Morgan fingerprint density at radius 1 is 0.672 bits per heavy atom. The smallest absolute Gasteiger partial charge is 0.477 e. The number of thiophene rings is 4. The van der Waals surface area contributed by atoms with Crippen LogP contribution in [0.25, 0.3) is 10.4 Å². The number of carbonyl (C=O) groups excluding carboxylic acids is 2. The van der Waals surface area contributed by atoms with Crippen LogP contribution in [0.3, 0.4) is 0 Å². The molecule has 28 heteroatoms. The summed E-state index contributed by atoms with van der Waals surface area (Å²) in [5.41, 5.74) is 24.5. The van der Waals surface area contributed by atoms with Crippen molar-refractivity contribution in [3.63, 3.8) is 0 Å². The summed E-state index contributed by atoms with van der Waals surface area (Å²) >= 11 is 4.22. The Labute approximate surface area is 360 Å². The second-order valence-corrected chi connectivity index (χ2v) is 16.1. The third kappa shape index (κ3) is 19.7. The average molecular weight is 937 g/mol. The van der Waals surface area contributed by atoms with Crippen molar-refractivity contribution in [3.05, 3.63) is 145 Å². The van der Waals surface area contributed by atoms with Crippen molar-refractivity contribution >= 4 is 106 Å². The van der Waals surface area contributed by atoms with E-state index in [9.17, 15) is 39.2 Å². The molecule has 0 aliphatic heterocycles. The van der Waals surface area contributed by atoms with E-state index in [0.717, 1.165) is 21.3 Å². The second kappa shape index (κ2) is 25.8. The largest absolute Gasteiger partial charge is 0.525 e. The zero-order chi connectivity index (χ0) is 45.4. The molecule has 6 rings (SSSR count). The van der Waals surface area contributed by atoms with Crippen molar-refractivity contribution < 1.29 is 52.4 Å². The number of methoxy groups -OCH3 is 2. The van der Waals surface area contributed by atoms with Gasteiger partial charge in [0.15, 0.2) is 0 Å². The molecule has 0 aliphatic carbocycles. The van der Waals surface area contributed by atoms with E-state index in [1.807, 2.05) is 0 Å². The van der Waals surface area contributed by atoms with Gasteiger partial charge in [0.1, 0.15) is 21.4 Å². The maximum atomic E-state index is 12.3. The summed E-state index contributed by atoms with van der Waals surface area (Å²) in [6, 6.07) is 28.9. The van der Waals surface area contributed by atoms with Crippen LogP contribution in [0.4, 0.5) is 44.6 Å². The van der Waals surface area contributed by atoms with Gasteiger partial charge in [-0.3, -0.25) is 30.9 Å². The highest BCUT2D eigenvalue weighted by atomic mass is 32.1. The fourth-order valence-corrected chi connectivity index (χ4v) is 7.01. The molecule has 0 unspecified atom stereocenters. The molecule has 9 N–H and O–H groups in total. The van der Waals surface area contributed by atoms with Crippen LogP contribution in [0.1, 0.15) is 9.67 Å². The number of nitrogen functional groups attached to an aromatic ring is 3. The van der Waals surface area contributed by atoms with Crippen LogP contribution in [0.5, 0.6) is 11.5 Å². The van der Waals surface area contributed by atoms with Gasteiger partial charge >= 0.3 is 35.9 Å². The average Bonchev–Trinajstić information content (AvgIpc) is 4.06. The normalized spacial score (nSPS) is 9.61. The van der Waals surface area contributed by atoms with Crippen molar-refractivity contribution in [1.82, 2.24) is 0 Å². The number of hydrogen-bond donors (Lipinski definition) is 6. The molecular weight excluding hydrogens is 904 g/mol. The first-order chi connectivity index (χ1) is 29.0. The summed E-state index contributed by atoms with van der Waals surface area (Å²) in [5.74, 6) is -0.536. The predicted molar refractivity (Wildman–Crippen MR) is 234 cm³/mol. The number of carboxylic acids is 1. The molecule has 322 valence electrons. The fraction of sp³-hybridized carbons (Fsp3) is 0.0606. The van der Waals surface area contributed by atoms with Crippen molar-refractivity contribution in [2.45, 2.75) is 0 Å². The van der Waals surface area contributed by atoms with E-state index >= 15 is 0 Å². The number of anilines is 5. The number of aromatic carboxylic acids is 1. The van der Waals surface area contributed by atoms with Crippen molar-refractivity contribution in [3.8, 4) is 11.5 Å². The molecule has 2 aromatic carbocycles. The van der Waals surface area contributed by atoms with E-state index < -0.39 is 35.7 Å². The zero-order valence-corrected chi connectivity index (χ0v) is 35.4. The van der Waals surface area contributed by atoms with Gasteiger partial charge in [-0.05, 0) is 77.5 Å². The Bertz CT molecular complexity index is 2350. The van der Waals surface area contributed by atoms with Crippen LogP contribution in [0, 0.1) is 20.2 Å². The van der Waals surface area contributed by atoms with E-state index in [1.54, 1.807) is 84.9 Å². The quantitative estimate of drug-likeness (QED) is 0.0186. The Balaban J connectivity index is 0.000000272. The van der Waals surface area contributed by atoms with Crippen LogP contribution in [-0.4, -0.2) is 47.3 Å². The molecule has 2 amide bonds. The number of azide groups is 1. The van der Waals surface area contributed by atoms with Crippen LogP contribution in [0.15, 0.2) is 114 Å². The Kier molecular flexibility index (Phi) is 21.1. The number of hydrogen-bond acceptors (Lipinski definition) is 19. The number of nitrogens with one attached hydrogen (secondary N) is 2. The number of para-hydroxylation sites is 2. The van der Waals surface area contributed by atoms with E-state index in [4.69, 9.17) is 36.9 Å². The van der Waals surface area contributed by atoms with Crippen LogP contribution >= 0.6 is 53.1 Å². The van der Waals surface area contributed by atoms with Crippen molar-refractivity contribution in [2.24, 2.45) is 4.88 Å². The molecule has 0 saturated carbocycles. The minimum Gasteiger partial charge on any atom is -0.477 e. The van der Waals surface area contributed by atoms with E-state index in [2.05, 4.69) is 29.9 Å². The first-order valence-electron chi connectivity index (χ1n) is 16.0. The fourth-order valence-electron chi connectivity index (χ4n) is 3.46. The van der Waals surface area contributed by atoms with Gasteiger partial charge in [0.05, 0.1) is 44.1 Å². The van der Waals surface area contributed by atoms with E-state index in [1.165, 1.54) is 61.2 Å². The molecule has 23 nitrogen and oxygen atoms in total. The third-order valence-corrected chi connectivity index (χ3v) is 10.7. The summed E-state index contributed by atoms with van der Waals surface area (Å²) in [6.07, 6.45) is -1.12. The number of nitro groups is 2. The lowest BCUT2D eigenvalue weighted by Crippen LogP contribution is -2.09. The summed E-state index contributed by atoms with van der Waals surface area (Å²) in [6.45, 7) is 0. The number of rotatable bonds is 10. The van der Waals surface area contributed by atoms with E-state index in [0.29, 0.717) is 37.8 Å². The van der Waals surface area contributed by atoms with Gasteiger partial charge in [-0.25, -0.2) is 18.9 Å². The zero-order valence-electron chi connectivity index (χ0n) is 31.3. The standard InChI is InChI=1S/C12H10N3O3P.C6H6N2O4S.C6H8N2O2S.C5H3NO4S.C4H6N2S/c13-14-15-19(16,17-11-7-3-1-4-8-11)18-12-9-5-2-6-10-12;1-12-6(9)7-4-2-3-5(13-4)8(10)11;1-10-6(9)8-5-3-2-4(7)11-5;7-5(8)3-1-2-4(11-3)6(9)10;5-3-1-2-4(6)7-3/h1-10H;2-3H,1H3,(H,7,9);2-3H,7H2,1H3,(H,8,9);1-2H,(H,7,8);1-2H,5-6H2.